The molecule has 1 aromatic carbocycles. The van der Waals surface area contributed by atoms with Gasteiger partial charge in [-0.2, -0.15) is 0 Å². The first kappa shape index (κ1) is 15.0. The molecular weight excluding hydrogens is 250 g/mol. The number of piperazine rings is 1. The van der Waals surface area contributed by atoms with Crippen molar-refractivity contribution in [2.24, 2.45) is 0 Å². The fourth-order valence-electron chi connectivity index (χ4n) is 2.70. The zero-order valence-electron chi connectivity index (χ0n) is 12.5. The molecule has 4 heteroatoms. The number of nitrogens with one attached hydrogen (secondary N) is 2. The Bertz CT molecular complexity index is 433. The molecule has 0 spiro atoms. The lowest BCUT2D eigenvalue weighted by atomic mass is 10.0. The predicted molar refractivity (Wildman–Crippen MR) is 82.2 cm³/mol. The zero-order valence-corrected chi connectivity index (χ0v) is 12.5. The Hall–Kier alpha value is -1.39. The summed E-state index contributed by atoms with van der Waals surface area (Å²) in [7, 11) is 0. The van der Waals surface area contributed by atoms with Crippen LogP contribution in [0.15, 0.2) is 18.2 Å². The van der Waals surface area contributed by atoms with E-state index in [2.05, 4.69) is 15.5 Å². The van der Waals surface area contributed by atoms with Crippen LogP contribution in [-0.2, 0) is 0 Å². The van der Waals surface area contributed by atoms with Crippen LogP contribution in [0.3, 0.4) is 0 Å². The Morgan fingerprint density at radius 2 is 1.90 bits per heavy atom. The lowest BCUT2D eigenvalue weighted by Gasteiger charge is -2.27. The Kier molecular flexibility index (Phi) is 5.56. The average Bonchev–Trinajstić information content (AvgIpc) is 2.44. The zero-order chi connectivity index (χ0) is 14.4. The van der Waals surface area contributed by atoms with Crippen molar-refractivity contribution < 1.29 is 4.79 Å². The molecule has 1 aromatic rings. The molecule has 0 aromatic heterocycles. The molecule has 1 fully saturated rings. The van der Waals surface area contributed by atoms with Gasteiger partial charge in [0.2, 0.25) is 0 Å². The van der Waals surface area contributed by atoms with Crippen LogP contribution in [0.5, 0.6) is 0 Å². The molecule has 0 saturated carbocycles. The van der Waals surface area contributed by atoms with E-state index in [1.165, 1.54) is 0 Å². The maximum Gasteiger partial charge on any atom is 0.251 e. The van der Waals surface area contributed by atoms with Crippen molar-refractivity contribution in [1.82, 2.24) is 15.5 Å². The van der Waals surface area contributed by atoms with Crippen LogP contribution in [-0.4, -0.2) is 50.1 Å². The molecule has 1 aliphatic heterocycles. The molecule has 0 aliphatic carbocycles. The summed E-state index contributed by atoms with van der Waals surface area (Å²) < 4.78 is 0. The van der Waals surface area contributed by atoms with Crippen molar-refractivity contribution in [2.45, 2.75) is 20.3 Å². The van der Waals surface area contributed by atoms with Gasteiger partial charge in [-0.15, -0.1) is 0 Å². The quantitative estimate of drug-likeness (QED) is 0.797. The summed E-state index contributed by atoms with van der Waals surface area (Å²) in [5.41, 5.74) is 2.92. The molecule has 1 amide bonds. The number of carbonyl (C=O) groups is 1. The number of amides is 1. The summed E-state index contributed by atoms with van der Waals surface area (Å²) in [5, 5.41) is 6.38. The van der Waals surface area contributed by atoms with Gasteiger partial charge in [0.25, 0.3) is 5.91 Å². The molecule has 110 valence electrons. The summed E-state index contributed by atoms with van der Waals surface area (Å²) in [5.74, 6) is 0.0564. The highest BCUT2D eigenvalue weighted by atomic mass is 16.1. The summed E-state index contributed by atoms with van der Waals surface area (Å²) in [6.45, 7) is 10.2. The highest BCUT2D eigenvalue weighted by Gasteiger charge is 2.12. The molecule has 2 rings (SSSR count). The molecule has 0 atom stereocenters. The number of hydrogen-bond acceptors (Lipinski definition) is 3. The predicted octanol–water partition coefficient (Wildman–Crippen LogP) is 1.33. The lowest BCUT2D eigenvalue weighted by Crippen LogP contribution is -2.44. The van der Waals surface area contributed by atoms with Gasteiger partial charge in [-0.25, -0.2) is 0 Å². The van der Waals surface area contributed by atoms with Crippen LogP contribution in [0.4, 0.5) is 0 Å². The van der Waals surface area contributed by atoms with Crippen LogP contribution < -0.4 is 10.6 Å². The Morgan fingerprint density at radius 1 is 1.25 bits per heavy atom. The number of benzene rings is 1. The molecular formula is C16H25N3O. The van der Waals surface area contributed by atoms with Crippen molar-refractivity contribution in [3.05, 3.63) is 34.9 Å². The second-order valence-electron chi connectivity index (χ2n) is 5.47. The van der Waals surface area contributed by atoms with Gasteiger partial charge in [0.1, 0.15) is 0 Å². The van der Waals surface area contributed by atoms with Crippen LogP contribution >= 0.6 is 0 Å². The van der Waals surface area contributed by atoms with Crippen molar-refractivity contribution in [3.63, 3.8) is 0 Å². The minimum absolute atomic E-state index is 0.0564. The molecule has 1 saturated heterocycles. The molecule has 1 heterocycles. The maximum atomic E-state index is 12.2. The van der Waals surface area contributed by atoms with Gasteiger partial charge in [-0.1, -0.05) is 18.2 Å². The van der Waals surface area contributed by atoms with E-state index in [-0.39, 0.29) is 5.91 Å². The minimum Gasteiger partial charge on any atom is -0.352 e. The van der Waals surface area contributed by atoms with E-state index < -0.39 is 0 Å². The normalized spacial score (nSPS) is 16.1. The second kappa shape index (κ2) is 7.41. The van der Waals surface area contributed by atoms with Gasteiger partial charge in [0.05, 0.1) is 0 Å². The first-order valence-corrected chi connectivity index (χ1v) is 7.46. The third kappa shape index (κ3) is 4.05. The van der Waals surface area contributed by atoms with Gasteiger partial charge < -0.3 is 15.5 Å². The second-order valence-corrected chi connectivity index (χ2v) is 5.47. The fourth-order valence-corrected chi connectivity index (χ4v) is 2.70. The smallest absolute Gasteiger partial charge is 0.251 e. The van der Waals surface area contributed by atoms with E-state index >= 15 is 0 Å². The van der Waals surface area contributed by atoms with Gasteiger partial charge in [0.15, 0.2) is 0 Å². The first-order valence-electron chi connectivity index (χ1n) is 7.46. The van der Waals surface area contributed by atoms with E-state index in [9.17, 15) is 4.79 Å². The number of carbonyl (C=O) groups excluding carboxylic acids is 1. The van der Waals surface area contributed by atoms with Crippen LogP contribution in [0.2, 0.25) is 0 Å². The monoisotopic (exact) mass is 275 g/mol. The van der Waals surface area contributed by atoms with Crippen LogP contribution in [0, 0.1) is 13.8 Å². The number of aryl methyl sites for hydroxylation is 2. The van der Waals surface area contributed by atoms with Crippen LogP contribution in [0.25, 0.3) is 0 Å². The Labute approximate surface area is 121 Å². The Morgan fingerprint density at radius 3 is 2.55 bits per heavy atom. The van der Waals surface area contributed by atoms with Gasteiger partial charge in [-0.05, 0) is 37.9 Å². The van der Waals surface area contributed by atoms with Crippen molar-refractivity contribution in [3.8, 4) is 0 Å². The third-order valence-electron chi connectivity index (χ3n) is 3.85. The fraction of sp³-hybridized carbons (Fsp3) is 0.562. The van der Waals surface area contributed by atoms with Gasteiger partial charge in [0, 0.05) is 38.3 Å². The van der Waals surface area contributed by atoms with Gasteiger partial charge >= 0.3 is 0 Å². The lowest BCUT2D eigenvalue weighted by molar-refractivity contribution is 0.0950. The number of rotatable bonds is 5. The third-order valence-corrected chi connectivity index (χ3v) is 3.85. The van der Waals surface area contributed by atoms with Crippen LogP contribution in [0.1, 0.15) is 27.9 Å². The summed E-state index contributed by atoms with van der Waals surface area (Å²) >= 11 is 0. The van der Waals surface area contributed by atoms with E-state index in [1.807, 2.05) is 32.0 Å². The van der Waals surface area contributed by atoms with Crippen molar-refractivity contribution >= 4 is 5.91 Å². The van der Waals surface area contributed by atoms with E-state index in [0.717, 1.165) is 62.4 Å². The topological polar surface area (TPSA) is 44.4 Å². The molecule has 0 unspecified atom stereocenters. The molecule has 0 radical (unpaired) electrons. The standard InChI is InChI=1S/C16H25N3O/c1-13-5-3-6-14(2)15(13)16(20)18-7-4-10-19-11-8-17-9-12-19/h3,5-6,17H,4,7-12H2,1-2H3,(H,18,20). The molecule has 20 heavy (non-hydrogen) atoms. The molecule has 1 aliphatic rings. The SMILES string of the molecule is Cc1cccc(C)c1C(=O)NCCCN1CCNCC1. The van der Waals surface area contributed by atoms with E-state index in [0.29, 0.717) is 0 Å². The summed E-state index contributed by atoms with van der Waals surface area (Å²) in [4.78, 5) is 14.6. The molecule has 4 nitrogen and oxygen atoms in total. The highest BCUT2D eigenvalue weighted by Crippen LogP contribution is 2.12. The summed E-state index contributed by atoms with van der Waals surface area (Å²) in [6.07, 6.45) is 1.01. The maximum absolute atomic E-state index is 12.2. The first-order chi connectivity index (χ1) is 9.68. The van der Waals surface area contributed by atoms with Crippen molar-refractivity contribution in [2.75, 3.05) is 39.3 Å². The van der Waals surface area contributed by atoms with Crippen molar-refractivity contribution in [1.29, 1.82) is 0 Å². The summed E-state index contributed by atoms with van der Waals surface area (Å²) in [6, 6.07) is 5.97. The Balaban J connectivity index is 1.75. The molecule has 0 bridgehead atoms. The largest absolute Gasteiger partial charge is 0.352 e. The molecule has 2 N–H and O–H groups in total. The van der Waals surface area contributed by atoms with E-state index in [4.69, 9.17) is 0 Å². The highest BCUT2D eigenvalue weighted by molar-refractivity contribution is 5.97. The van der Waals surface area contributed by atoms with E-state index in [1.54, 1.807) is 0 Å². The van der Waals surface area contributed by atoms with Gasteiger partial charge in [-0.3, -0.25) is 4.79 Å². The minimum atomic E-state index is 0.0564. The number of hydrogen-bond donors (Lipinski definition) is 2. The average molecular weight is 275 g/mol. The number of nitrogens with zero attached hydrogens (tertiary/aromatic N) is 1.